The molecule has 0 bridgehead atoms. The van der Waals surface area contributed by atoms with Gasteiger partial charge in [0.1, 0.15) is 0 Å². The van der Waals surface area contributed by atoms with Crippen molar-refractivity contribution in [2.24, 2.45) is 0 Å². The number of halogens is 2. The summed E-state index contributed by atoms with van der Waals surface area (Å²) < 4.78 is 2.14. The van der Waals surface area contributed by atoms with Crippen molar-refractivity contribution < 1.29 is 0 Å². The maximum atomic E-state index is 3.55. The summed E-state index contributed by atoms with van der Waals surface area (Å²) >= 11 is 7.10. The van der Waals surface area contributed by atoms with E-state index in [9.17, 15) is 0 Å². The molecule has 2 aromatic rings. The number of hydrogen-bond donors (Lipinski definition) is 1. The Bertz CT molecular complexity index is 500. The van der Waals surface area contributed by atoms with Crippen LogP contribution in [0.15, 0.2) is 51.4 Å². The molecule has 0 saturated heterocycles. The highest BCUT2D eigenvalue weighted by molar-refractivity contribution is 9.11. The zero-order valence-corrected chi connectivity index (χ0v) is 13.4. The Morgan fingerprint density at radius 1 is 0.889 bits per heavy atom. The Labute approximate surface area is 125 Å². The fourth-order valence-electron chi connectivity index (χ4n) is 1.75. The van der Waals surface area contributed by atoms with E-state index >= 15 is 0 Å². The van der Waals surface area contributed by atoms with Crippen molar-refractivity contribution in [1.82, 2.24) is 0 Å². The van der Waals surface area contributed by atoms with Crippen LogP contribution in [0.5, 0.6) is 0 Å². The van der Waals surface area contributed by atoms with Gasteiger partial charge in [-0.15, -0.1) is 0 Å². The van der Waals surface area contributed by atoms with E-state index in [1.54, 1.807) is 0 Å². The minimum Gasteiger partial charge on any atom is -0.379 e. The summed E-state index contributed by atoms with van der Waals surface area (Å²) in [7, 11) is 0. The van der Waals surface area contributed by atoms with E-state index in [0.29, 0.717) is 0 Å². The molecule has 0 radical (unpaired) electrons. The van der Waals surface area contributed by atoms with Crippen LogP contribution in [0.4, 0.5) is 5.69 Å². The van der Waals surface area contributed by atoms with Gasteiger partial charge in [0, 0.05) is 15.5 Å². The van der Waals surface area contributed by atoms with Gasteiger partial charge < -0.3 is 5.32 Å². The van der Waals surface area contributed by atoms with Crippen molar-refractivity contribution in [3.63, 3.8) is 0 Å². The summed E-state index contributed by atoms with van der Waals surface area (Å²) in [6, 6.07) is 14.8. The molecule has 0 aliphatic rings. The molecule has 2 rings (SSSR count). The average Bonchev–Trinajstić information content (AvgIpc) is 2.39. The lowest BCUT2D eigenvalue weighted by atomic mass is 10.1. The second-order valence-corrected chi connectivity index (χ2v) is 5.83. The third-order valence-electron chi connectivity index (χ3n) is 2.86. The van der Waals surface area contributed by atoms with Crippen LogP contribution < -0.4 is 5.32 Å². The van der Waals surface area contributed by atoms with Crippen LogP contribution in [-0.4, -0.2) is 0 Å². The SMILES string of the molecule is CCc1ccc(CNc2c(Br)cccc2Br)cc1. The van der Waals surface area contributed by atoms with Gasteiger partial charge in [0.15, 0.2) is 0 Å². The molecule has 0 amide bonds. The number of hydrogen-bond acceptors (Lipinski definition) is 1. The van der Waals surface area contributed by atoms with Gasteiger partial charge in [0.25, 0.3) is 0 Å². The van der Waals surface area contributed by atoms with E-state index in [2.05, 4.69) is 68.4 Å². The highest BCUT2D eigenvalue weighted by Crippen LogP contribution is 2.30. The van der Waals surface area contributed by atoms with Gasteiger partial charge in [-0.3, -0.25) is 0 Å². The van der Waals surface area contributed by atoms with Crippen LogP contribution >= 0.6 is 31.9 Å². The van der Waals surface area contributed by atoms with Crippen molar-refractivity contribution in [1.29, 1.82) is 0 Å². The van der Waals surface area contributed by atoms with Crippen LogP contribution in [0, 0.1) is 0 Å². The lowest BCUT2D eigenvalue weighted by molar-refractivity contribution is 1.10. The molecule has 18 heavy (non-hydrogen) atoms. The van der Waals surface area contributed by atoms with E-state index in [0.717, 1.165) is 27.6 Å². The zero-order chi connectivity index (χ0) is 13.0. The third-order valence-corrected chi connectivity index (χ3v) is 4.18. The summed E-state index contributed by atoms with van der Waals surface area (Å²) in [5, 5.41) is 3.44. The molecule has 0 saturated carbocycles. The van der Waals surface area contributed by atoms with Crippen LogP contribution in [-0.2, 0) is 13.0 Å². The monoisotopic (exact) mass is 367 g/mol. The number of rotatable bonds is 4. The Kier molecular flexibility index (Phi) is 4.84. The lowest BCUT2D eigenvalue weighted by Crippen LogP contribution is -2.00. The van der Waals surface area contributed by atoms with Crippen LogP contribution in [0.1, 0.15) is 18.1 Å². The molecule has 0 fully saturated rings. The number of aryl methyl sites for hydroxylation is 1. The second kappa shape index (κ2) is 6.39. The van der Waals surface area contributed by atoms with Gasteiger partial charge >= 0.3 is 0 Å². The molecule has 1 N–H and O–H groups in total. The molecule has 0 aliphatic carbocycles. The molecule has 0 heterocycles. The van der Waals surface area contributed by atoms with Gasteiger partial charge in [-0.25, -0.2) is 0 Å². The van der Waals surface area contributed by atoms with E-state index in [1.807, 2.05) is 18.2 Å². The minimum absolute atomic E-state index is 0.825. The summed E-state index contributed by atoms with van der Waals surface area (Å²) in [5.41, 5.74) is 3.76. The van der Waals surface area contributed by atoms with Crippen LogP contribution in [0.2, 0.25) is 0 Å². The normalized spacial score (nSPS) is 10.4. The first-order valence-corrected chi connectivity index (χ1v) is 7.55. The molecule has 0 aromatic heterocycles. The molecular formula is C15H15Br2N. The average molecular weight is 369 g/mol. The summed E-state index contributed by atoms with van der Waals surface area (Å²) in [5.74, 6) is 0. The van der Waals surface area contributed by atoms with E-state index < -0.39 is 0 Å². The summed E-state index contributed by atoms with van der Waals surface area (Å²) in [6.07, 6.45) is 1.09. The Hall–Kier alpha value is -0.800. The van der Waals surface area contributed by atoms with Gasteiger partial charge in [0.05, 0.1) is 5.69 Å². The summed E-state index contributed by atoms with van der Waals surface area (Å²) in [6.45, 7) is 3.00. The summed E-state index contributed by atoms with van der Waals surface area (Å²) in [4.78, 5) is 0. The van der Waals surface area contributed by atoms with E-state index in [1.165, 1.54) is 11.1 Å². The lowest BCUT2D eigenvalue weighted by Gasteiger charge is -2.11. The van der Waals surface area contributed by atoms with Gasteiger partial charge in [0.2, 0.25) is 0 Å². The Morgan fingerprint density at radius 2 is 1.44 bits per heavy atom. The fourth-order valence-corrected chi connectivity index (χ4v) is 3.03. The largest absolute Gasteiger partial charge is 0.379 e. The molecule has 3 heteroatoms. The molecule has 0 atom stereocenters. The van der Waals surface area contributed by atoms with Gasteiger partial charge in [-0.05, 0) is 61.5 Å². The Morgan fingerprint density at radius 3 is 2.00 bits per heavy atom. The maximum absolute atomic E-state index is 3.55. The van der Waals surface area contributed by atoms with Crippen molar-refractivity contribution in [3.8, 4) is 0 Å². The number of para-hydroxylation sites is 1. The van der Waals surface area contributed by atoms with Crippen molar-refractivity contribution in [2.45, 2.75) is 19.9 Å². The molecule has 0 aliphatic heterocycles. The topological polar surface area (TPSA) is 12.0 Å². The second-order valence-electron chi connectivity index (χ2n) is 4.12. The number of anilines is 1. The van der Waals surface area contributed by atoms with E-state index in [4.69, 9.17) is 0 Å². The van der Waals surface area contributed by atoms with Gasteiger partial charge in [-0.2, -0.15) is 0 Å². The first-order valence-electron chi connectivity index (χ1n) is 5.96. The standard InChI is InChI=1S/C15H15Br2N/c1-2-11-6-8-12(9-7-11)10-18-15-13(16)4-3-5-14(15)17/h3-9,18H,2,10H2,1H3. The fraction of sp³-hybridized carbons (Fsp3) is 0.200. The highest BCUT2D eigenvalue weighted by Gasteiger charge is 2.03. The molecule has 94 valence electrons. The first-order chi connectivity index (χ1) is 8.70. The van der Waals surface area contributed by atoms with Crippen molar-refractivity contribution >= 4 is 37.5 Å². The zero-order valence-electron chi connectivity index (χ0n) is 10.2. The predicted molar refractivity (Wildman–Crippen MR) is 85.0 cm³/mol. The van der Waals surface area contributed by atoms with Crippen LogP contribution in [0.25, 0.3) is 0 Å². The molecule has 0 spiro atoms. The minimum atomic E-state index is 0.825. The molecular weight excluding hydrogens is 354 g/mol. The third kappa shape index (κ3) is 3.36. The number of nitrogens with one attached hydrogen (secondary N) is 1. The predicted octanol–water partition coefficient (Wildman–Crippen LogP) is 5.39. The molecule has 1 nitrogen and oxygen atoms in total. The number of benzene rings is 2. The quantitative estimate of drug-likeness (QED) is 0.763. The smallest absolute Gasteiger partial charge is 0.0631 e. The van der Waals surface area contributed by atoms with Crippen molar-refractivity contribution in [2.75, 3.05) is 5.32 Å². The first kappa shape index (κ1) is 13.6. The molecule has 0 unspecified atom stereocenters. The molecule has 2 aromatic carbocycles. The van der Waals surface area contributed by atoms with Gasteiger partial charge in [-0.1, -0.05) is 37.3 Å². The Balaban J connectivity index is 2.06. The van der Waals surface area contributed by atoms with Crippen molar-refractivity contribution in [3.05, 3.63) is 62.5 Å². The van der Waals surface area contributed by atoms with Crippen LogP contribution in [0.3, 0.4) is 0 Å². The maximum Gasteiger partial charge on any atom is 0.0631 e. The van der Waals surface area contributed by atoms with E-state index in [-0.39, 0.29) is 0 Å². The highest BCUT2D eigenvalue weighted by atomic mass is 79.9.